The molecule has 0 aliphatic heterocycles. The minimum absolute atomic E-state index is 0.328. The summed E-state index contributed by atoms with van der Waals surface area (Å²) in [6.45, 7) is 0. The van der Waals surface area contributed by atoms with Crippen molar-refractivity contribution in [3.05, 3.63) is 82.3 Å². The molecule has 21 heavy (non-hydrogen) atoms. The van der Waals surface area contributed by atoms with Gasteiger partial charge in [-0.25, -0.2) is 9.07 Å². The highest BCUT2D eigenvalue weighted by atomic mass is 79.9. The van der Waals surface area contributed by atoms with Gasteiger partial charge in [0.05, 0.1) is 16.4 Å². The summed E-state index contributed by atoms with van der Waals surface area (Å²) >= 11 is 3.12. The summed E-state index contributed by atoms with van der Waals surface area (Å²) in [5.41, 5.74) is 2.17. The van der Waals surface area contributed by atoms with Crippen molar-refractivity contribution in [1.82, 2.24) is 9.78 Å². The largest absolute Gasteiger partial charge is 0.384 e. The molecule has 0 saturated carbocycles. The first kappa shape index (κ1) is 14.0. The minimum Gasteiger partial charge on any atom is -0.384 e. The van der Waals surface area contributed by atoms with Crippen LogP contribution >= 0.6 is 15.9 Å². The molecule has 3 rings (SSSR count). The average molecular weight is 347 g/mol. The zero-order valence-corrected chi connectivity index (χ0v) is 12.5. The number of para-hydroxylation sites is 1. The van der Waals surface area contributed by atoms with Gasteiger partial charge in [0.15, 0.2) is 0 Å². The van der Waals surface area contributed by atoms with Gasteiger partial charge in [0.25, 0.3) is 0 Å². The van der Waals surface area contributed by atoms with Gasteiger partial charge in [-0.15, -0.1) is 0 Å². The van der Waals surface area contributed by atoms with Gasteiger partial charge in [-0.3, -0.25) is 0 Å². The number of aromatic nitrogens is 2. The molecule has 1 N–H and O–H groups in total. The van der Waals surface area contributed by atoms with Crippen LogP contribution in [0.15, 0.2) is 65.4 Å². The molecule has 1 heterocycles. The quantitative estimate of drug-likeness (QED) is 0.781. The smallest absolute Gasteiger partial charge is 0.137 e. The van der Waals surface area contributed by atoms with Gasteiger partial charge in [-0.1, -0.05) is 24.3 Å². The Hall–Kier alpha value is -1.98. The van der Waals surface area contributed by atoms with Crippen LogP contribution < -0.4 is 0 Å². The Labute approximate surface area is 129 Å². The molecule has 0 spiro atoms. The summed E-state index contributed by atoms with van der Waals surface area (Å²) in [4.78, 5) is 0. The Morgan fingerprint density at radius 1 is 1.10 bits per heavy atom. The van der Waals surface area contributed by atoms with E-state index >= 15 is 0 Å². The Bertz CT molecular complexity index is 758. The first-order valence-corrected chi connectivity index (χ1v) is 7.17. The van der Waals surface area contributed by atoms with E-state index in [1.165, 1.54) is 6.07 Å². The van der Waals surface area contributed by atoms with Gasteiger partial charge in [0.1, 0.15) is 11.9 Å². The first-order valence-electron chi connectivity index (χ1n) is 6.38. The Morgan fingerprint density at radius 3 is 2.57 bits per heavy atom. The fourth-order valence-electron chi connectivity index (χ4n) is 2.07. The summed E-state index contributed by atoms with van der Waals surface area (Å²) in [7, 11) is 0. The summed E-state index contributed by atoms with van der Waals surface area (Å²) in [6.07, 6.45) is 2.52. The van der Waals surface area contributed by atoms with Crippen molar-refractivity contribution >= 4 is 15.9 Å². The molecule has 2 aromatic carbocycles. The number of nitrogens with zero attached hydrogens (tertiary/aromatic N) is 2. The fraction of sp³-hybridized carbons (Fsp3) is 0.0625. The molecule has 0 aliphatic carbocycles. The van der Waals surface area contributed by atoms with Crippen molar-refractivity contribution in [2.75, 3.05) is 0 Å². The predicted molar refractivity (Wildman–Crippen MR) is 81.7 cm³/mol. The third-order valence-electron chi connectivity index (χ3n) is 3.20. The summed E-state index contributed by atoms with van der Waals surface area (Å²) in [6, 6.07) is 14.1. The molecule has 3 aromatic rings. The lowest BCUT2D eigenvalue weighted by Crippen LogP contribution is -1.99. The maximum absolute atomic E-state index is 13.2. The van der Waals surface area contributed by atoms with Crippen LogP contribution in [0.25, 0.3) is 5.69 Å². The topological polar surface area (TPSA) is 38.1 Å². The Kier molecular flexibility index (Phi) is 3.86. The molecule has 1 aromatic heterocycles. The standard InChI is InChI=1S/C16H12BrFN2O/c17-14-8-11(6-7-15(14)18)16(21)12-9-19-20(10-12)13-4-2-1-3-5-13/h1-10,16,21H. The van der Waals surface area contributed by atoms with Gasteiger partial charge in [0, 0.05) is 11.8 Å². The first-order chi connectivity index (χ1) is 10.1. The monoisotopic (exact) mass is 346 g/mol. The second-order valence-corrected chi connectivity index (χ2v) is 5.48. The van der Waals surface area contributed by atoms with Crippen molar-refractivity contribution in [1.29, 1.82) is 0 Å². The Balaban J connectivity index is 1.90. The maximum Gasteiger partial charge on any atom is 0.137 e. The SMILES string of the molecule is OC(c1ccc(F)c(Br)c1)c1cnn(-c2ccccc2)c1. The molecule has 3 nitrogen and oxygen atoms in total. The number of benzene rings is 2. The molecule has 1 unspecified atom stereocenters. The number of aliphatic hydroxyl groups excluding tert-OH is 1. The van der Waals surface area contributed by atoms with Crippen LogP contribution in [-0.4, -0.2) is 14.9 Å². The fourth-order valence-corrected chi connectivity index (χ4v) is 2.47. The normalized spacial score (nSPS) is 12.3. The van der Waals surface area contributed by atoms with E-state index in [0.717, 1.165) is 5.69 Å². The van der Waals surface area contributed by atoms with E-state index in [0.29, 0.717) is 15.6 Å². The van der Waals surface area contributed by atoms with E-state index in [1.54, 1.807) is 29.2 Å². The van der Waals surface area contributed by atoms with Crippen LogP contribution in [0.3, 0.4) is 0 Å². The third kappa shape index (κ3) is 2.89. The lowest BCUT2D eigenvalue weighted by molar-refractivity contribution is 0.220. The second-order valence-electron chi connectivity index (χ2n) is 4.63. The maximum atomic E-state index is 13.2. The van der Waals surface area contributed by atoms with Gasteiger partial charge in [-0.2, -0.15) is 5.10 Å². The molecule has 0 fully saturated rings. The van der Waals surface area contributed by atoms with Crippen LogP contribution in [0, 0.1) is 5.82 Å². The number of hydrogen-bond donors (Lipinski definition) is 1. The van der Waals surface area contributed by atoms with Crippen molar-refractivity contribution in [3.63, 3.8) is 0 Å². The number of rotatable bonds is 3. The van der Waals surface area contributed by atoms with Crippen molar-refractivity contribution in [3.8, 4) is 5.69 Å². The molecule has 0 bridgehead atoms. The lowest BCUT2D eigenvalue weighted by atomic mass is 10.1. The van der Waals surface area contributed by atoms with Crippen LogP contribution in [0.5, 0.6) is 0 Å². The summed E-state index contributed by atoms with van der Waals surface area (Å²) < 4.78 is 15.3. The van der Waals surface area contributed by atoms with Crippen LogP contribution in [0.2, 0.25) is 0 Å². The van der Waals surface area contributed by atoms with Gasteiger partial charge in [0.2, 0.25) is 0 Å². The average Bonchev–Trinajstić information content (AvgIpc) is 3.00. The van der Waals surface area contributed by atoms with E-state index < -0.39 is 6.10 Å². The van der Waals surface area contributed by atoms with Crippen LogP contribution in [0.1, 0.15) is 17.2 Å². The molecule has 5 heteroatoms. The molecule has 1 atom stereocenters. The van der Waals surface area contributed by atoms with Crippen molar-refractivity contribution in [2.24, 2.45) is 0 Å². The number of aliphatic hydroxyl groups is 1. The minimum atomic E-state index is -0.848. The highest BCUT2D eigenvalue weighted by Gasteiger charge is 2.14. The van der Waals surface area contributed by atoms with Crippen LogP contribution in [0.4, 0.5) is 4.39 Å². The number of halogens is 2. The van der Waals surface area contributed by atoms with Gasteiger partial charge >= 0.3 is 0 Å². The summed E-state index contributed by atoms with van der Waals surface area (Å²) in [5, 5.41) is 14.6. The number of hydrogen-bond acceptors (Lipinski definition) is 2. The molecular weight excluding hydrogens is 335 g/mol. The Morgan fingerprint density at radius 2 is 1.86 bits per heavy atom. The zero-order valence-electron chi connectivity index (χ0n) is 10.9. The lowest BCUT2D eigenvalue weighted by Gasteiger charge is -2.09. The molecule has 0 radical (unpaired) electrons. The van der Waals surface area contributed by atoms with E-state index in [1.807, 2.05) is 30.3 Å². The van der Waals surface area contributed by atoms with Gasteiger partial charge < -0.3 is 5.11 Å². The van der Waals surface area contributed by atoms with E-state index in [9.17, 15) is 9.50 Å². The highest BCUT2D eigenvalue weighted by molar-refractivity contribution is 9.10. The van der Waals surface area contributed by atoms with E-state index in [-0.39, 0.29) is 5.82 Å². The van der Waals surface area contributed by atoms with Crippen molar-refractivity contribution in [2.45, 2.75) is 6.10 Å². The van der Waals surface area contributed by atoms with Crippen molar-refractivity contribution < 1.29 is 9.50 Å². The second kappa shape index (κ2) is 5.79. The highest BCUT2D eigenvalue weighted by Crippen LogP contribution is 2.26. The molecule has 106 valence electrons. The van der Waals surface area contributed by atoms with Crippen LogP contribution in [-0.2, 0) is 0 Å². The molecule has 0 amide bonds. The zero-order chi connectivity index (χ0) is 14.8. The van der Waals surface area contributed by atoms with E-state index in [2.05, 4.69) is 21.0 Å². The van der Waals surface area contributed by atoms with Gasteiger partial charge in [-0.05, 0) is 45.8 Å². The predicted octanol–water partition coefficient (Wildman–Crippen LogP) is 3.86. The summed E-state index contributed by atoms with van der Waals surface area (Å²) in [5.74, 6) is -0.356. The molecular formula is C16H12BrFN2O. The molecule has 0 saturated heterocycles. The van der Waals surface area contributed by atoms with E-state index in [4.69, 9.17) is 0 Å². The third-order valence-corrected chi connectivity index (χ3v) is 3.81. The molecule has 0 aliphatic rings.